The summed E-state index contributed by atoms with van der Waals surface area (Å²) in [6.07, 6.45) is -2.85. The number of aliphatic hydroxyl groups is 1. The van der Waals surface area contributed by atoms with Crippen LogP contribution < -0.4 is 4.72 Å². The summed E-state index contributed by atoms with van der Waals surface area (Å²) < 4.78 is 48.1. The van der Waals surface area contributed by atoms with Crippen molar-refractivity contribution in [1.29, 1.82) is 0 Å². The Labute approximate surface area is 84.4 Å². The van der Waals surface area contributed by atoms with Crippen molar-refractivity contribution in [3.8, 4) is 0 Å². The van der Waals surface area contributed by atoms with Gasteiger partial charge in [-0.2, -0.15) is 0 Å². The first-order valence-corrected chi connectivity index (χ1v) is 5.36. The molecule has 0 aliphatic rings. The molecule has 0 bridgehead atoms. The van der Waals surface area contributed by atoms with E-state index in [1.54, 1.807) is 0 Å². The Kier molecular flexibility index (Phi) is 3.72. The van der Waals surface area contributed by atoms with Gasteiger partial charge in [-0.3, -0.25) is 0 Å². The van der Waals surface area contributed by atoms with Crippen LogP contribution in [0, 0.1) is 0 Å². The maximum atomic E-state index is 11.8. The van der Waals surface area contributed by atoms with Crippen LogP contribution in [0.1, 0.15) is 0 Å². The molecule has 0 radical (unpaired) electrons. The van der Waals surface area contributed by atoms with E-state index in [1.807, 2.05) is 4.72 Å². The Morgan fingerprint density at radius 1 is 1.60 bits per heavy atom. The molecule has 0 fully saturated rings. The molecular weight excluding hydrogens is 232 g/mol. The van der Waals surface area contributed by atoms with E-state index >= 15 is 0 Å². The lowest BCUT2D eigenvalue weighted by molar-refractivity contribution is -0.000458. The number of aromatic amines is 1. The summed E-state index contributed by atoms with van der Waals surface area (Å²) in [5, 5.41) is 8.44. The quantitative estimate of drug-likeness (QED) is 0.636. The minimum atomic E-state index is -3.91. The molecule has 0 amide bonds. The van der Waals surface area contributed by atoms with Crippen LogP contribution >= 0.6 is 0 Å². The number of imidazole rings is 1. The topological polar surface area (TPSA) is 95.1 Å². The maximum absolute atomic E-state index is 11.8. The minimum absolute atomic E-state index is 0.246. The first-order valence-electron chi connectivity index (χ1n) is 3.88. The molecule has 0 aromatic carbocycles. The van der Waals surface area contributed by atoms with Crippen molar-refractivity contribution in [3.63, 3.8) is 0 Å². The van der Waals surface area contributed by atoms with Gasteiger partial charge in [0, 0.05) is 6.54 Å². The number of rotatable bonds is 5. The molecule has 0 aliphatic carbocycles. The van der Waals surface area contributed by atoms with Crippen LogP contribution in [0.2, 0.25) is 0 Å². The fraction of sp³-hybridized carbons (Fsp3) is 0.500. The largest absolute Gasteiger partial charge is 0.386 e. The van der Waals surface area contributed by atoms with E-state index in [2.05, 4.69) is 9.97 Å². The van der Waals surface area contributed by atoms with Gasteiger partial charge in [0.2, 0.25) is 0 Å². The molecule has 1 aromatic rings. The molecule has 1 heterocycles. The predicted octanol–water partition coefficient (Wildman–Crippen LogP) is -0.686. The molecular formula is C6H9F2N3O3S. The first kappa shape index (κ1) is 12.0. The standard InChI is InChI=1S/C6H9F2N3O3S/c7-6(8)4(12)1-11-15(13,14)5-2-9-3-10-5/h2-4,6,11-12H,1H2,(H,9,10). The zero-order valence-corrected chi connectivity index (χ0v) is 8.21. The van der Waals surface area contributed by atoms with E-state index < -0.39 is 29.1 Å². The minimum Gasteiger partial charge on any atom is -0.386 e. The van der Waals surface area contributed by atoms with E-state index in [-0.39, 0.29) is 5.03 Å². The van der Waals surface area contributed by atoms with Gasteiger partial charge in [-0.25, -0.2) is 26.9 Å². The average Bonchev–Trinajstić information content (AvgIpc) is 2.67. The number of halogens is 2. The molecule has 0 saturated heterocycles. The van der Waals surface area contributed by atoms with Crippen molar-refractivity contribution in [2.24, 2.45) is 0 Å². The van der Waals surface area contributed by atoms with Crippen LogP contribution in [-0.2, 0) is 10.0 Å². The SMILES string of the molecule is O=S(=O)(NCC(O)C(F)F)c1cnc[nH]1. The Hall–Kier alpha value is -1.06. The summed E-state index contributed by atoms with van der Waals surface area (Å²) in [5.41, 5.74) is 0. The Balaban J connectivity index is 2.59. The van der Waals surface area contributed by atoms with E-state index in [4.69, 9.17) is 5.11 Å². The van der Waals surface area contributed by atoms with Crippen LogP contribution in [0.25, 0.3) is 0 Å². The third-order valence-corrected chi connectivity index (χ3v) is 2.88. The fourth-order valence-electron chi connectivity index (χ4n) is 0.752. The number of hydrogen-bond donors (Lipinski definition) is 3. The van der Waals surface area contributed by atoms with Gasteiger partial charge in [0.25, 0.3) is 16.4 Å². The number of hydrogen-bond acceptors (Lipinski definition) is 4. The normalized spacial score (nSPS) is 14.4. The third-order valence-electron chi connectivity index (χ3n) is 1.54. The molecule has 0 saturated carbocycles. The highest BCUT2D eigenvalue weighted by Gasteiger charge is 2.21. The van der Waals surface area contributed by atoms with E-state index in [0.717, 1.165) is 12.5 Å². The van der Waals surface area contributed by atoms with Crippen molar-refractivity contribution in [2.45, 2.75) is 17.6 Å². The lowest BCUT2D eigenvalue weighted by Crippen LogP contribution is -2.35. The van der Waals surface area contributed by atoms with Crippen LogP contribution in [0.3, 0.4) is 0 Å². The smallest absolute Gasteiger partial charge is 0.265 e. The Morgan fingerprint density at radius 2 is 2.27 bits per heavy atom. The molecule has 1 rings (SSSR count). The molecule has 1 unspecified atom stereocenters. The highest BCUT2D eigenvalue weighted by atomic mass is 32.2. The van der Waals surface area contributed by atoms with Gasteiger partial charge >= 0.3 is 0 Å². The number of H-pyrrole nitrogens is 1. The van der Waals surface area contributed by atoms with E-state index in [9.17, 15) is 17.2 Å². The monoisotopic (exact) mass is 241 g/mol. The predicted molar refractivity (Wildman–Crippen MR) is 45.8 cm³/mol. The molecule has 0 spiro atoms. The van der Waals surface area contributed by atoms with Crippen LogP contribution in [0.5, 0.6) is 0 Å². The van der Waals surface area contributed by atoms with Gasteiger partial charge in [0.1, 0.15) is 6.10 Å². The van der Waals surface area contributed by atoms with Crippen molar-refractivity contribution in [1.82, 2.24) is 14.7 Å². The van der Waals surface area contributed by atoms with Crippen molar-refractivity contribution in [2.75, 3.05) is 6.54 Å². The second-order valence-electron chi connectivity index (χ2n) is 2.67. The number of aliphatic hydroxyl groups excluding tert-OH is 1. The number of nitrogens with zero attached hydrogens (tertiary/aromatic N) is 1. The second kappa shape index (κ2) is 4.64. The summed E-state index contributed by atoms with van der Waals surface area (Å²) in [5.74, 6) is 0. The van der Waals surface area contributed by atoms with Crippen molar-refractivity contribution >= 4 is 10.0 Å². The molecule has 3 N–H and O–H groups in total. The van der Waals surface area contributed by atoms with Crippen LogP contribution in [0.4, 0.5) is 8.78 Å². The zero-order chi connectivity index (χ0) is 11.5. The van der Waals surface area contributed by atoms with Gasteiger partial charge in [0.15, 0.2) is 5.03 Å². The number of alkyl halides is 2. The summed E-state index contributed by atoms with van der Waals surface area (Å²) in [6.45, 7) is -0.751. The second-order valence-corrected chi connectivity index (χ2v) is 4.40. The van der Waals surface area contributed by atoms with E-state index in [0.29, 0.717) is 0 Å². The molecule has 1 atom stereocenters. The maximum Gasteiger partial charge on any atom is 0.265 e. The number of sulfonamides is 1. The Morgan fingerprint density at radius 3 is 2.73 bits per heavy atom. The van der Waals surface area contributed by atoms with Crippen molar-refractivity contribution < 1.29 is 22.3 Å². The molecule has 9 heteroatoms. The molecule has 15 heavy (non-hydrogen) atoms. The lowest BCUT2D eigenvalue weighted by Gasteiger charge is -2.09. The highest BCUT2D eigenvalue weighted by molar-refractivity contribution is 7.89. The van der Waals surface area contributed by atoms with Gasteiger partial charge in [-0.1, -0.05) is 0 Å². The molecule has 86 valence electrons. The van der Waals surface area contributed by atoms with E-state index in [1.165, 1.54) is 0 Å². The van der Waals surface area contributed by atoms with Crippen LogP contribution in [0.15, 0.2) is 17.6 Å². The Bertz CT molecular complexity index is 392. The van der Waals surface area contributed by atoms with Gasteiger partial charge in [-0.05, 0) is 0 Å². The summed E-state index contributed by atoms with van der Waals surface area (Å²) in [6, 6.07) is 0. The summed E-state index contributed by atoms with van der Waals surface area (Å²) in [7, 11) is -3.91. The number of aromatic nitrogens is 2. The number of nitrogens with one attached hydrogen (secondary N) is 2. The third kappa shape index (κ3) is 3.22. The van der Waals surface area contributed by atoms with Crippen molar-refractivity contribution in [3.05, 3.63) is 12.5 Å². The molecule has 0 aliphatic heterocycles. The van der Waals surface area contributed by atoms with Gasteiger partial charge in [0.05, 0.1) is 12.5 Å². The zero-order valence-electron chi connectivity index (χ0n) is 7.39. The lowest BCUT2D eigenvalue weighted by atomic mass is 10.4. The summed E-state index contributed by atoms with van der Waals surface area (Å²) in [4.78, 5) is 5.76. The van der Waals surface area contributed by atoms with Crippen LogP contribution in [-0.4, -0.2) is 42.6 Å². The molecule has 6 nitrogen and oxygen atoms in total. The fourth-order valence-corrected chi connectivity index (χ4v) is 1.71. The van der Waals surface area contributed by atoms with Gasteiger partial charge < -0.3 is 10.1 Å². The van der Waals surface area contributed by atoms with Gasteiger partial charge in [-0.15, -0.1) is 0 Å². The summed E-state index contributed by atoms with van der Waals surface area (Å²) >= 11 is 0. The first-order chi connectivity index (χ1) is 6.93. The molecule has 1 aromatic heterocycles. The average molecular weight is 241 g/mol. The highest BCUT2D eigenvalue weighted by Crippen LogP contribution is 2.04.